The lowest BCUT2D eigenvalue weighted by Gasteiger charge is -2.26. The number of anilines is 1. The Morgan fingerprint density at radius 1 is 1.37 bits per heavy atom. The van der Waals surface area contributed by atoms with Crippen molar-refractivity contribution in [1.82, 2.24) is 0 Å². The summed E-state index contributed by atoms with van der Waals surface area (Å²) in [6.45, 7) is 3.38. The molecule has 0 saturated carbocycles. The minimum Gasteiger partial charge on any atom is -0.381 e. The first-order valence-electron chi connectivity index (χ1n) is 6.38. The molecule has 0 radical (unpaired) electrons. The maximum atomic E-state index is 12.1. The second kappa shape index (κ2) is 7.48. The molecule has 19 heavy (non-hydrogen) atoms. The molecule has 0 spiro atoms. The van der Waals surface area contributed by atoms with Gasteiger partial charge in [0.2, 0.25) is 5.91 Å². The third-order valence-corrected chi connectivity index (χ3v) is 3.48. The van der Waals surface area contributed by atoms with Crippen molar-refractivity contribution in [3.63, 3.8) is 0 Å². The molecule has 0 bridgehead atoms. The summed E-state index contributed by atoms with van der Waals surface area (Å²) in [5.74, 6) is 0.124. The summed E-state index contributed by atoms with van der Waals surface area (Å²) in [4.78, 5) is 12.1. The van der Waals surface area contributed by atoms with Crippen LogP contribution in [0.15, 0.2) is 24.3 Å². The van der Waals surface area contributed by atoms with Crippen molar-refractivity contribution >= 4 is 24.0 Å². The molecule has 5 heteroatoms. The van der Waals surface area contributed by atoms with Gasteiger partial charge in [0.25, 0.3) is 0 Å². The van der Waals surface area contributed by atoms with Gasteiger partial charge in [-0.3, -0.25) is 4.79 Å². The quantitative estimate of drug-likeness (QED) is 0.893. The van der Waals surface area contributed by atoms with Crippen LogP contribution < -0.4 is 11.1 Å². The molecule has 0 aromatic heterocycles. The zero-order chi connectivity index (χ0) is 13.0. The summed E-state index contributed by atoms with van der Waals surface area (Å²) in [6, 6.07) is 7.26. The summed E-state index contributed by atoms with van der Waals surface area (Å²) in [7, 11) is 0. The number of hydrogen-bond acceptors (Lipinski definition) is 3. The van der Waals surface area contributed by atoms with E-state index in [1.807, 2.05) is 31.2 Å². The van der Waals surface area contributed by atoms with E-state index in [-0.39, 0.29) is 24.2 Å². The summed E-state index contributed by atoms with van der Waals surface area (Å²) in [5.41, 5.74) is 7.91. The van der Waals surface area contributed by atoms with Gasteiger partial charge in [-0.25, -0.2) is 0 Å². The highest BCUT2D eigenvalue weighted by Gasteiger charge is 2.26. The summed E-state index contributed by atoms with van der Waals surface area (Å²) < 4.78 is 5.28. The second-order valence-electron chi connectivity index (χ2n) is 4.78. The number of amides is 1. The van der Waals surface area contributed by atoms with Crippen LogP contribution in [0.4, 0.5) is 5.69 Å². The fourth-order valence-corrected chi connectivity index (χ4v) is 2.22. The molecular formula is C14H21ClN2O2. The van der Waals surface area contributed by atoms with Crippen molar-refractivity contribution in [2.24, 2.45) is 11.7 Å². The largest absolute Gasteiger partial charge is 0.381 e. The van der Waals surface area contributed by atoms with Gasteiger partial charge in [-0.05, 0) is 37.3 Å². The van der Waals surface area contributed by atoms with Crippen LogP contribution in [0.3, 0.4) is 0 Å². The molecule has 1 saturated heterocycles. The monoisotopic (exact) mass is 284 g/mol. The number of aryl methyl sites for hydroxylation is 1. The van der Waals surface area contributed by atoms with Gasteiger partial charge in [-0.1, -0.05) is 18.2 Å². The number of halogens is 1. The molecule has 1 heterocycles. The fourth-order valence-electron chi connectivity index (χ4n) is 2.22. The van der Waals surface area contributed by atoms with Crippen LogP contribution in [0.1, 0.15) is 18.4 Å². The standard InChI is InChI=1S/C14H20N2O2.ClH/c1-10-4-2-3-5-12(10)16-14(17)13(15)11-6-8-18-9-7-11;/h2-5,11,13H,6-9,15H2,1H3,(H,16,17);1H. The van der Waals surface area contributed by atoms with Crippen LogP contribution in [0.5, 0.6) is 0 Å². The molecule has 1 aromatic carbocycles. The molecule has 1 aromatic rings. The first kappa shape index (κ1) is 16.0. The number of carbonyl (C=O) groups is 1. The van der Waals surface area contributed by atoms with Crippen molar-refractivity contribution in [3.8, 4) is 0 Å². The number of rotatable bonds is 3. The predicted octanol–water partition coefficient (Wildman–Crippen LogP) is 2.11. The van der Waals surface area contributed by atoms with E-state index in [9.17, 15) is 4.79 Å². The second-order valence-corrected chi connectivity index (χ2v) is 4.78. The molecule has 1 unspecified atom stereocenters. The van der Waals surface area contributed by atoms with Crippen LogP contribution in [-0.4, -0.2) is 25.2 Å². The lowest BCUT2D eigenvalue weighted by atomic mass is 9.92. The average Bonchev–Trinajstić information content (AvgIpc) is 2.41. The average molecular weight is 285 g/mol. The first-order chi connectivity index (χ1) is 8.68. The summed E-state index contributed by atoms with van der Waals surface area (Å²) in [6.07, 6.45) is 1.73. The Labute approximate surface area is 120 Å². The van der Waals surface area contributed by atoms with E-state index in [0.717, 1.165) is 24.1 Å². The third-order valence-electron chi connectivity index (χ3n) is 3.48. The van der Waals surface area contributed by atoms with E-state index in [4.69, 9.17) is 10.5 Å². The molecule has 4 nitrogen and oxygen atoms in total. The first-order valence-corrected chi connectivity index (χ1v) is 6.38. The highest BCUT2D eigenvalue weighted by atomic mass is 35.5. The van der Waals surface area contributed by atoms with Crippen molar-refractivity contribution in [3.05, 3.63) is 29.8 Å². The van der Waals surface area contributed by atoms with Crippen molar-refractivity contribution < 1.29 is 9.53 Å². The smallest absolute Gasteiger partial charge is 0.241 e. The number of nitrogens with one attached hydrogen (secondary N) is 1. The van der Waals surface area contributed by atoms with Gasteiger partial charge < -0.3 is 15.8 Å². The number of nitrogens with two attached hydrogens (primary N) is 1. The third kappa shape index (κ3) is 4.20. The van der Waals surface area contributed by atoms with E-state index in [1.165, 1.54) is 0 Å². The van der Waals surface area contributed by atoms with E-state index < -0.39 is 6.04 Å². The lowest BCUT2D eigenvalue weighted by Crippen LogP contribution is -2.44. The Morgan fingerprint density at radius 2 is 2.00 bits per heavy atom. The highest BCUT2D eigenvalue weighted by molar-refractivity contribution is 5.95. The molecule has 106 valence electrons. The fraction of sp³-hybridized carbons (Fsp3) is 0.500. The van der Waals surface area contributed by atoms with Crippen LogP contribution in [0, 0.1) is 12.8 Å². The van der Waals surface area contributed by atoms with Crippen LogP contribution in [-0.2, 0) is 9.53 Å². The number of carbonyl (C=O) groups excluding carboxylic acids is 1. The molecule has 2 rings (SSSR count). The van der Waals surface area contributed by atoms with Gasteiger partial charge in [-0.15, -0.1) is 12.4 Å². The zero-order valence-corrected chi connectivity index (χ0v) is 11.9. The maximum Gasteiger partial charge on any atom is 0.241 e. The van der Waals surface area contributed by atoms with Crippen LogP contribution >= 0.6 is 12.4 Å². The molecule has 1 aliphatic rings. The SMILES string of the molecule is Cc1ccccc1NC(=O)C(N)C1CCOCC1.Cl. The van der Waals surface area contributed by atoms with Gasteiger partial charge in [0.05, 0.1) is 6.04 Å². The Bertz CT molecular complexity index is 420. The number of benzene rings is 1. The Kier molecular flexibility index (Phi) is 6.28. The van der Waals surface area contributed by atoms with E-state index in [1.54, 1.807) is 0 Å². The van der Waals surface area contributed by atoms with Crippen LogP contribution in [0.2, 0.25) is 0 Å². The molecule has 1 amide bonds. The molecule has 1 fully saturated rings. The lowest BCUT2D eigenvalue weighted by molar-refractivity contribution is -0.119. The van der Waals surface area contributed by atoms with Gasteiger partial charge in [0, 0.05) is 18.9 Å². The molecule has 1 aliphatic heterocycles. The Morgan fingerprint density at radius 3 is 2.63 bits per heavy atom. The van der Waals surface area contributed by atoms with Crippen molar-refractivity contribution in [1.29, 1.82) is 0 Å². The number of ether oxygens (including phenoxy) is 1. The molecule has 0 aliphatic carbocycles. The van der Waals surface area contributed by atoms with Gasteiger partial charge in [0.1, 0.15) is 0 Å². The molecular weight excluding hydrogens is 264 g/mol. The Balaban J connectivity index is 0.00000180. The van der Waals surface area contributed by atoms with Gasteiger partial charge >= 0.3 is 0 Å². The van der Waals surface area contributed by atoms with Crippen LogP contribution in [0.25, 0.3) is 0 Å². The normalized spacial score (nSPS) is 17.4. The van der Waals surface area contributed by atoms with E-state index >= 15 is 0 Å². The van der Waals surface area contributed by atoms with Gasteiger partial charge in [0.15, 0.2) is 0 Å². The van der Waals surface area contributed by atoms with Gasteiger partial charge in [-0.2, -0.15) is 0 Å². The Hall–Kier alpha value is -1.10. The number of para-hydroxylation sites is 1. The highest BCUT2D eigenvalue weighted by Crippen LogP contribution is 2.19. The minimum absolute atomic E-state index is 0. The minimum atomic E-state index is -0.450. The van der Waals surface area contributed by atoms with Crippen molar-refractivity contribution in [2.45, 2.75) is 25.8 Å². The maximum absolute atomic E-state index is 12.1. The van der Waals surface area contributed by atoms with E-state index in [0.29, 0.717) is 13.2 Å². The zero-order valence-electron chi connectivity index (χ0n) is 11.1. The van der Waals surface area contributed by atoms with Crippen molar-refractivity contribution in [2.75, 3.05) is 18.5 Å². The van der Waals surface area contributed by atoms with E-state index in [2.05, 4.69) is 5.32 Å². The number of hydrogen-bond donors (Lipinski definition) is 2. The summed E-state index contributed by atoms with van der Waals surface area (Å²) >= 11 is 0. The topological polar surface area (TPSA) is 64.4 Å². The summed E-state index contributed by atoms with van der Waals surface area (Å²) in [5, 5.41) is 2.90. The predicted molar refractivity (Wildman–Crippen MR) is 78.6 cm³/mol. The molecule has 1 atom stereocenters. The molecule has 3 N–H and O–H groups in total.